The molecule has 0 radical (unpaired) electrons. The van der Waals surface area contributed by atoms with Gasteiger partial charge < -0.3 is 4.90 Å². The first kappa shape index (κ1) is 35.1. The monoisotopic (exact) mass is 793 g/mol. The number of thiophene rings is 1. The van der Waals surface area contributed by atoms with E-state index in [1.54, 1.807) is 5.56 Å². The fraction of sp³-hybridized carbons (Fsp3) is 0.143. The Bertz CT molecular complexity index is 3020. The second-order valence-electron chi connectivity index (χ2n) is 16.6. The lowest BCUT2D eigenvalue weighted by atomic mass is 9.74. The summed E-state index contributed by atoms with van der Waals surface area (Å²) in [6.45, 7) is 0. The largest absolute Gasteiger partial charge is 0.310 e. The van der Waals surface area contributed by atoms with Crippen molar-refractivity contribution in [3.05, 3.63) is 204 Å². The first-order chi connectivity index (χ1) is 29.2. The van der Waals surface area contributed by atoms with E-state index in [1.165, 1.54) is 118 Å². The van der Waals surface area contributed by atoms with Gasteiger partial charge in [-0.25, -0.2) is 0 Å². The molecule has 0 spiro atoms. The Balaban J connectivity index is 1.01. The Morgan fingerprint density at radius 2 is 1.25 bits per heavy atom. The smallest absolute Gasteiger partial charge is 0.0508 e. The van der Waals surface area contributed by atoms with Crippen LogP contribution < -0.4 is 4.90 Å². The third-order valence-electron chi connectivity index (χ3n) is 13.3. The Kier molecular flexibility index (Phi) is 8.60. The van der Waals surface area contributed by atoms with Crippen LogP contribution in [0.2, 0.25) is 0 Å². The van der Waals surface area contributed by atoms with Crippen molar-refractivity contribution in [1.82, 2.24) is 0 Å². The van der Waals surface area contributed by atoms with Gasteiger partial charge in [0.05, 0.1) is 5.69 Å². The van der Waals surface area contributed by atoms with Crippen molar-refractivity contribution in [2.45, 2.75) is 54.1 Å². The summed E-state index contributed by atoms with van der Waals surface area (Å²) in [4.78, 5) is 4.00. The molecule has 1 nitrogen and oxygen atoms in total. The van der Waals surface area contributed by atoms with Gasteiger partial charge in [-0.05, 0) is 141 Å². The van der Waals surface area contributed by atoms with Crippen LogP contribution in [0.15, 0.2) is 187 Å². The first-order valence-corrected chi connectivity index (χ1v) is 22.9. The van der Waals surface area contributed by atoms with Crippen molar-refractivity contribution in [1.29, 1.82) is 0 Å². The molecule has 12 rings (SSSR count). The minimum atomic E-state index is 0.222. The number of anilines is 3. The molecule has 2 aliphatic carbocycles. The van der Waals surface area contributed by atoms with E-state index in [2.05, 4.69) is 199 Å². The normalized spacial score (nSPS) is 17.9. The summed E-state index contributed by atoms with van der Waals surface area (Å²) in [6.07, 6.45) is 6.26. The average Bonchev–Trinajstić information content (AvgIpc) is 3.88. The van der Waals surface area contributed by atoms with Crippen LogP contribution >= 0.6 is 23.1 Å². The van der Waals surface area contributed by atoms with Crippen molar-refractivity contribution in [3.63, 3.8) is 0 Å². The number of hydrogen-bond acceptors (Lipinski definition) is 3. The Morgan fingerprint density at radius 3 is 2.14 bits per heavy atom. The van der Waals surface area contributed by atoms with Crippen LogP contribution in [0.4, 0.5) is 17.1 Å². The molecule has 3 atom stereocenters. The summed E-state index contributed by atoms with van der Waals surface area (Å²) < 4.78 is 2.70. The molecule has 1 aromatic heterocycles. The standard InChI is InChI=1S/C56H43NS2/c1-3-14-36(15-4-1)38-28-31-44-43-19-8-7-16-39(43)33-47(49(44)32-38)40-34-48(56-50(35-40)45-20-9-11-23-52(45)59-56)37-26-29-42(30-27-37)57(41-17-5-2-6-18-41)51-22-13-25-54-55(51)46-21-10-12-24-53(46)58-54/h1-9,11,13-20,22-23,25-32,34-35,46-47,53H,10,12,21,24,33H2. The van der Waals surface area contributed by atoms with Crippen LogP contribution in [-0.2, 0) is 6.42 Å². The number of nitrogens with zero attached hydrogens (tertiary/aromatic N) is 1. The van der Waals surface area contributed by atoms with Gasteiger partial charge in [0.2, 0.25) is 0 Å². The molecular formula is C56H43NS2. The number of fused-ring (bicyclic) bond motifs is 9. The second-order valence-corrected chi connectivity index (χ2v) is 18.9. The van der Waals surface area contributed by atoms with E-state index in [0.717, 1.165) is 6.42 Å². The zero-order valence-corrected chi connectivity index (χ0v) is 34.5. The SMILES string of the molecule is c1ccc(-c2ccc3c(c2)C(c2cc(-c4ccc(N(c5ccccc5)c5cccc6c5C5CCCCC5S6)cc4)c4sc5ccccc5c4c2)Cc2ccccc2-3)cc1. The molecule has 3 aliphatic rings. The molecule has 0 N–H and O–H groups in total. The van der Waals surface area contributed by atoms with Gasteiger partial charge in [-0.3, -0.25) is 0 Å². The highest BCUT2D eigenvalue weighted by molar-refractivity contribution is 8.00. The number of para-hydroxylation sites is 1. The molecule has 0 amide bonds. The fourth-order valence-corrected chi connectivity index (χ4v) is 13.3. The Labute approximate surface area is 355 Å². The lowest BCUT2D eigenvalue weighted by Crippen LogP contribution is -2.18. The van der Waals surface area contributed by atoms with E-state index in [9.17, 15) is 0 Å². The van der Waals surface area contributed by atoms with Crippen LogP contribution in [0.3, 0.4) is 0 Å². The summed E-state index contributed by atoms with van der Waals surface area (Å²) in [5, 5.41) is 3.39. The van der Waals surface area contributed by atoms with Gasteiger partial charge in [-0.2, -0.15) is 0 Å². The van der Waals surface area contributed by atoms with Gasteiger partial charge in [0.1, 0.15) is 0 Å². The molecule has 0 bridgehead atoms. The van der Waals surface area contributed by atoms with Gasteiger partial charge >= 0.3 is 0 Å². The molecule has 8 aromatic carbocycles. The molecule has 284 valence electrons. The average molecular weight is 794 g/mol. The molecular weight excluding hydrogens is 751 g/mol. The molecule has 3 unspecified atom stereocenters. The number of hydrogen-bond donors (Lipinski definition) is 0. The van der Waals surface area contributed by atoms with Crippen LogP contribution in [0, 0.1) is 0 Å². The molecule has 2 heterocycles. The van der Waals surface area contributed by atoms with Crippen LogP contribution in [-0.4, -0.2) is 5.25 Å². The van der Waals surface area contributed by atoms with Crippen molar-refractivity contribution < 1.29 is 0 Å². The van der Waals surface area contributed by atoms with E-state index < -0.39 is 0 Å². The van der Waals surface area contributed by atoms with Gasteiger partial charge in [-0.15, -0.1) is 23.1 Å². The zero-order valence-electron chi connectivity index (χ0n) is 32.9. The summed E-state index contributed by atoms with van der Waals surface area (Å²) in [7, 11) is 0. The topological polar surface area (TPSA) is 3.24 Å². The molecule has 1 fully saturated rings. The highest BCUT2D eigenvalue weighted by Gasteiger charge is 2.38. The maximum Gasteiger partial charge on any atom is 0.0508 e. The summed E-state index contributed by atoms with van der Waals surface area (Å²) in [6, 6.07) is 68.6. The maximum absolute atomic E-state index is 2.53. The predicted molar refractivity (Wildman–Crippen MR) is 253 cm³/mol. The molecule has 9 aromatic rings. The van der Waals surface area contributed by atoms with E-state index in [0.29, 0.717) is 11.2 Å². The number of thioether (sulfide) groups is 1. The Morgan fingerprint density at radius 1 is 0.508 bits per heavy atom. The van der Waals surface area contributed by atoms with Crippen LogP contribution in [0.25, 0.3) is 53.6 Å². The zero-order chi connectivity index (χ0) is 38.9. The Hall–Kier alpha value is -5.87. The molecule has 1 saturated carbocycles. The summed E-state index contributed by atoms with van der Waals surface area (Å²) >= 11 is 4.05. The number of benzene rings is 8. The van der Waals surface area contributed by atoms with E-state index in [1.807, 2.05) is 11.3 Å². The second kappa shape index (κ2) is 14.4. The van der Waals surface area contributed by atoms with Crippen molar-refractivity contribution in [2.75, 3.05) is 4.90 Å². The summed E-state index contributed by atoms with van der Waals surface area (Å²) in [5.74, 6) is 0.843. The third-order valence-corrected chi connectivity index (χ3v) is 16.0. The van der Waals surface area contributed by atoms with Gasteiger partial charge in [0, 0.05) is 47.6 Å². The van der Waals surface area contributed by atoms with Gasteiger partial charge in [0.15, 0.2) is 0 Å². The highest BCUT2D eigenvalue weighted by atomic mass is 32.2. The van der Waals surface area contributed by atoms with Gasteiger partial charge in [0.25, 0.3) is 0 Å². The maximum atomic E-state index is 2.53. The van der Waals surface area contributed by atoms with Crippen LogP contribution in [0.1, 0.15) is 59.8 Å². The number of rotatable bonds is 6. The highest BCUT2D eigenvalue weighted by Crippen LogP contribution is 2.56. The van der Waals surface area contributed by atoms with Crippen molar-refractivity contribution in [3.8, 4) is 33.4 Å². The molecule has 0 saturated heterocycles. The van der Waals surface area contributed by atoms with Gasteiger partial charge in [-0.1, -0.05) is 134 Å². The molecule has 59 heavy (non-hydrogen) atoms. The fourth-order valence-electron chi connectivity index (χ4n) is 10.5. The molecule has 1 aliphatic heterocycles. The predicted octanol–water partition coefficient (Wildman–Crippen LogP) is 16.3. The van der Waals surface area contributed by atoms with E-state index in [-0.39, 0.29) is 5.92 Å². The van der Waals surface area contributed by atoms with E-state index >= 15 is 0 Å². The first-order valence-electron chi connectivity index (χ1n) is 21.2. The third kappa shape index (κ3) is 5.97. The van der Waals surface area contributed by atoms with E-state index in [4.69, 9.17) is 0 Å². The van der Waals surface area contributed by atoms with Crippen molar-refractivity contribution >= 4 is 60.3 Å². The lowest BCUT2D eigenvalue weighted by molar-refractivity contribution is 0.461. The quantitative estimate of drug-likeness (QED) is 0.165. The van der Waals surface area contributed by atoms with Crippen molar-refractivity contribution in [2.24, 2.45) is 0 Å². The molecule has 3 heteroatoms. The minimum absolute atomic E-state index is 0.222. The minimum Gasteiger partial charge on any atom is -0.310 e. The summed E-state index contributed by atoms with van der Waals surface area (Å²) in [5.41, 5.74) is 17.3. The van der Waals surface area contributed by atoms with Crippen LogP contribution in [0.5, 0.6) is 0 Å². The lowest BCUT2D eigenvalue weighted by Gasteiger charge is -2.31.